The van der Waals surface area contributed by atoms with Crippen molar-refractivity contribution in [3.05, 3.63) is 41.7 Å². The Labute approximate surface area is 151 Å². The van der Waals surface area contributed by atoms with Crippen LogP contribution >= 0.6 is 12.4 Å². The van der Waals surface area contributed by atoms with Gasteiger partial charge in [-0.25, -0.2) is 0 Å². The molecule has 132 valence electrons. The van der Waals surface area contributed by atoms with Crippen molar-refractivity contribution < 1.29 is 0 Å². The largest absolute Gasteiger partial charge is 0.327 e. The third kappa shape index (κ3) is 4.00. The Hall–Kier alpha value is -1.36. The summed E-state index contributed by atoms with van der Waals surface area (Å²) in [5, 5.41) is 4.33. The van der Waals surface area contributed by atoms with Crippen molar-refractivity contribution in [1.82, 2.24) is 14.7 Å². The molecule has 2 aromatic rings. The van der Waals surface area contributed by atoms with Gasteiger partial charge in [-0.15, -0.1) is 12.4 Å². The molecule has 0 radical (unpaired) electrons. The predicted molar refractivity (Wildman–Crippen MR) is 102 cm³/mol. The minimum atomic E-state index is 0. The molecule has 0 amide bonds. The Balaban J connectivity index is 0.00000208. The lowest BCUT2D eigenvalue weighted by Gasteiger charge is -2.42. The van der Waals surface area contributed by atoms with Crippen LogP contribution < -0.4 is 5.73 Å². The molecular formula is C19H29ClN4. The molecule has 2 heterocycles. The first-order valence-electron chi connectivity index (χ1n) is 8.42. The molecular weight excluding hydrogens is 320 g/mol. The van der Waals surface area contributed by atoms with Crippen LogP contribution in [-0.2, 0) is 13.6 Å². The van der Waals surface area contributed by atoms with Gasteiger partial charge >= 0.3 is 0 Å². The number of aromatic nitrogens is 2. The first-order valence-corrected chi connectivity index (χ1v) is 8.42. The van der Waals surface area contributed by atoms with E-state index in [1.807, 2.05) is 17.9 Å². The van der Waals surface area contributed by atoms with Crippen LogP contribution in [-0.4, -0.2) is 33.8 Å². The zero-order chi connectivity index (χ0) is 16.6. The molecule has 0 bridgehead atoms. The quantitative estimate of drug-likeness (QED) is 0.925. The van der Waals surface area contributed by atoms with E-state index >= 15 is 0 Å². The first kappa shape index (κ1) is 19.0. The predicted octanol–water partition coefficient (Wildman–Crippen LogP) is 3.38. The average molecular weight is 349 g/mol. The van der Waals surface area contributed by atoms with Gasteiger partial charge in [0.05, 0.1) is 6.20 Å². The highest BCUT2D eigenvalue weighted by Crippen LogP contribution is 2.31. The summed E-state index contributed by atoms with van der Waals surface area (Å²) in [5.41, 5.74) is 11.6. The molecule has 1 unspecified atom stereocenters. The molecule has 1 aliphatic rings. The molecule has 3 rings (SSSR count). The summed E-state index contributed by atoms with van der Waals surface area (Å²) in [6.45, 7) is 9.80. The molecule has 0 spiro atoms. The second-order valence-corrected chi connectivity index (χ2v) is 7.66. The summed E-state index contributed by atoms with van der Waals surface area (Å²) in [4.78, 5) is 2.54. The Morgan fingerprint density at radius 3 is 2.71 bits per heavy atom. The van der Waals surface area contributed by atoms with E-state index in [0.717, 1.165) is 26.1 Å². The fraction of sp³-hybridized carbons (Fsp3) is 0.526. The molecule has 0 aliphatic carbocycles. The minimum absolute atomic E-state index is 0. The van der Waals surface area contributed by atoms with Gasteiger partial charge in [-0.05, 0) is 29.9 Å². The summed E-state index contributed by atoms with van der Waals surface area (Å²) >= 11 is 0. The number of benzene rings is 1. The number of piperidine rings is 1. The molecule has 1 fully saturated rings. The maximum atomic E-state index is 6.27. The van der Waals surface area contributed by atoms with Gasteiger partial charge in [-0.2, -0.15) is 5.10 Å². The molecule has 1 saturated heterocycles. The van der Waals surface area contributed by atoms with Gasteiger partial charge in [-0.1, -0.05) is 37.6 Å². The van der Waals surface area contributed by atoms with Crippen LogP contribution in [0, 0.1) is 12.3 Å². The van der Waals surface area contributed by atoms with Crippen molar-refractivity contribution in [3.63, 3.8) is 0 Å². The van der Waals surface area contributed by atoms with Crippen LogP contribution in [0.5, 0.6) is 0 Å². The lowest BCUT2D eigenvalue weighted by atomic mass is 9.79. The topological polar surface area (TPSA) is 47.1 Å². The van der Waals surface area contributed by atoms with Gasteiger partial charge in [0.25, 0.3) is 0 Å². The van der Waals surface area contributed by atoms with Gasteiger partial charge in [0, 0.05) is 44.5 Å². The number of nitrogens with two attached hydrogens (primary N) is 1. The van der Waals surface area contributed by atoms with E-state index in [4.69, 9.17) is 5.73 Å². The molecule has 2 N–H and O–H groups in total. The fourth-order valence-corrected chi connectivity index (χ4v) is 3.52. The van der Waals surface area contributed by atoms with Gasteiger partial charge in [0.2, 0.25) is 0 Å². The second kappa shape index (κ2) is 7.26. The van der Waals surface area contributed by atoms with E-state index in [0.29, 0.717) is 6.04 Å². The number of hydrogen-bond acceptors (Lipinski definition) is 3. The van der Waals surface area contributed by atoms with Gasteiger partial charge in [0.1, 0.15) is 0 Å². The van der Waals surface area contributed by atoms with Gasteiger partial charge < -0.3 is 5.73 Å². The maximum Gasteiger partial charge on any atom is 0.0568 e. The molecule has 4 nitrogen and oxygen atoms in total. The molecule has 24 heavy (non-hydrogen) atoms. The van der Waals surface area contributed by atoms with E-state index in [1.165, 1.54) is 22.3 Å². The highest BCUT2D eigenvalue weighted by atomic mass is 35.5. The lowest BCUT2D eigenvalue weighted by molar-refractivity contribution is 0.0900. The highest BCUT2D eigenvalue weighted by Gasteiger charge is 2.33. The smallest absolute Gasteiger partial charge is 0.0568 e. The summed E-state index contributed by atoms with van der Waals surface area (Å²) in [7, 11) is 1.97. The van der Waals surface area contributed by atoms with Crippen molar-refractivity contribution in [1.29, 1.82) is 0 Å². The average Bonchev–Trinajstić information content (AvgIpc) is 2.91. The number of likely N-dealkylation sites (tertiary alicyclic amines) is 1. The molecule has 1 aromatic carbocycles. The lowest BCUT2D eigenvalue weighted by Crippen LogP contribution is -2.52. The van der Waals surface area contributed by atoms with Crippen LogP contribution in [0.25, 0.3) is 11.1 Å². The number of rotatable bonds is 3. The fourth-order valence-electron chi connectivity index (χ4n) is 3.52. The summed E-state index contributed by atoms with van der Waals surface area (Å²) in [6.07, 6.45) is 5.11. The van der Waals surface area contributed by atoms with Gasteiger partial charge in [-0.3, -0.25) is 9.58 Å². The van der Waals surface area contributed by atoms with Crippen LogP contribution in [0.3, 0.4) is 0 Å². The van der Waals surface area contributed by atoms with Crippen molar-refractivity contribution >= 4 is 12.4 Å². The maximum absolute atomic E-state index is 6.27. The van der Waals surface area contributed by atoms with Crippen molar-refractivity contribution in [2.75, 3.05) is 13.1 Å². The Kier molecular flexibility index (Phi) is 5.74. The SMILES string of the molecule is Cc1ccc(CN2CCC(N)C(C)(C)C2)c(-c2cnn(C)c2)c1.Cl. The Morgan fingerprint density at radius 1 is 1.33 bits per heavy atom. The minimum Gasteiger partial charge on any atom is -0.327 e. The van der Waals surface area contributed by atoms with Crippen LogP contribution in [0.15, 0.2) is 30.6 Å². The van der Waals surface area contributed by atoms with E-state index in [9.17, 15) is 0 Å². The third-order valence-corrected chi connectivity index (χ3v) is 5.07. The number of hydrogen-bond donors (Lipinski definition) is 1. The van der Waals surface area contributed by atoms with E-state index in [2.05, 4.69) is 55.2 Å². The van der Waals surface area contributed by atoms with E-state index in [1.54, 1.807) is 0 Å². The summed E-state index contributed by atoms with van der Waals surface area (Å²) in [5.74, 6) is 0. The summed E-state index contributed by atoms with van der Waals surface area (Å²) < 4.78 is 1.87. The van der Waals surface area contributed by atoms with Gasteiger partial charge in [0.15, 0.2) is 0 Å². The molecule has 0 saturated carbocycles. The third-order valence-electron chi connectivity index (χ3n) is 5.07. The van der Waals surface area contributed by atoms with Crippen LogP contribution in [0.2, 0.25) is 0 Å². The number of nitrogens with zero attached hydrogens (tertiary/aromatic N) is 3. The Bertz CT molecular complexity index is 692. The van der Waals surface area contributed by atoms with E-state index < -0.39 is 0 Å². The zero-order valence-corrected chi connectivity index (χ0v) is 15.9. The number of halogens is 1. The molecule has 1 atom stereocenters. The number of aryl methyl sites for hydroxylation is 2. The zero-order valence-electron chi connectivity index (χ0n) is 15.1. The van der Waals surface area contributed by atoms with E-state index in [-0.39, 0.29) is 17.8 Å². The summed E-state index contributed by atoms with van der Waals surface area (Å²) in [6, 6.07) is 7.04. The van der Waals surface area contributed by atoms with Crippen molar-refractivity contribution in [2.45, 2.75) is 39.8 Å². The van der Waals surface area contributed by atoms with Crippen molar-refractivity contribution in [3.8, 4) is 11.1 Å². The van der Waals surface area contributed by atoms with Crippen molar-refractivity contribution in [2.24, 2.45) is 18.2 Å². The standard InChI is InChI=1S/C19H28N4.ClH/c1-14-5-6-15(17(9-14)16-10-21-22(4)11-16)12-23-8-7-18(20)19(2,3)13-23;/h5-6,9-11,18H,7-8,12-13,20H2,1-4H3;1H. The van der Waals surface area contributed by atoms with Crippen LogP contribution in [0.1, 0.15) is 31.4 Å². The van der Waals surface area contributed by atoms with Crippen LogP contribution in [0.4, 0.5) is 0 Å². The Morgan fingerprint density at radius 2 is 2.08 bits per heavy atom. The first-order chi connectivity index (χ1) is 10.8. The molecule has 1 aliphatic heterocycles. The second-order valence-electron chi connectivity index (χ2n) is 7.66. The highest BCUT2D eigenvalue weighted by molar-refractivity contribution is 5.85. The molecule has 1 aromatic heterocycles. The normalized spacial score (nSPS) is 20.6. The molecule has 5 heteroatoms. The monoisotopic (exact) mass is 348 g/mol.